The molecule has 160 valence electrons. The van der Waals surface area contributed by atoms with Crippen molar-refractivity contribution in [2.24, 2.45) is 5.10 Å². The summed E-state index contributed by atoms with van der Waals surface area (Å²) in [7, 11) is 0. The van der Waals surface area contributed by atoms with Crippen molar-refractivity contribution in [2.75, 3.05) is 13.2 Å². The topological polar surface area (TPSA) is 94.8 Å². The molecule has 1 atom stereocenters. The molecule has 5 rings (SSSR count). The molecule has 0 radical (unpaired) electrons. The normalized spacial score (nSPS) is 16.3. The number of hydrogen-bond donors (Lipinski definition) is 1. The third-order valence-corrected chi connectivity index (χ3v) is 6.94. The second-order valence-corrected chi connectivity index (χ2v) is 8.79. The van der Waals surface area contributed by atoms with Crippen molar-refractivity contribution in [2.45, 2.75) is 39.2 Å². The molecule has 0 unspecified atom stereocenters. The van der Waals surface area contributed by atoms with Gasteiger partial charge in [-0.1, -0.05) is 0 Å². The molecule has 3 aromatic rings. The van der Waals surface area contributed by atoms with Crippen LogP contribution in [0.15, 0.2) is 34.4 Å². The minimum absolute atomic E-state index is 0.167. The summed E-state index contributed by atoms with van der Waals surface area (Å²) in [6.07, 6.45) is 4.42. The zero-order valence-corrected chi connectivity index (χ0v) is 18.1. The number of rotatable bonds is 4. The highest BCUT2D eigenvalue weighted by atomic mass is 32.1. The molecule has 31 heavy (non-hydrogen) atoms. The van der Waals surface area contributed by atoms with Crippen molar-refractivity contribution in [3.05, 3.63) is 50.9 Å². The quantitative estimate of drug-likeness (QED) is 0.499. The van der Waals surface area contributed by atoms with Crippen LogP contribution in [0.5, 0.6) is 11.5 Å². The fourth-order valence-electron chi connectivity index (χ4n) is 3.97. The molecule has 0 saturated heterocycles. The van der Waals surface area contributed by atoms with Gasteiger partial charge in [0, 0.05) is 10.4 Å². The number of thiophene rings is 1. The Balaban J connectivity index is 1.36. The van der Waals surface area contributed by atoms with Gasteiger partial charge < -0.3 is 9.47 Å². The van der Waals surface area contributed by atoms with Gasteiger partial charge in [-0.3, -0.25) is 14.2 Å². The Labute approximate surface area is 182 Å². The average Bonchev–Trinajstić information content (AvgIpc) is 3.38. The highest BCUT2D eigenvalue weighted by Crippen LogP contribution is 2.34. The van der Waals surface area contributed by atoms with Gasteiger partial charge in [-0.05, 0) is 56.9 Å². The number of aryl methyl sites for hydroxylation is 2. The molecule has 0 bridgehead atoms. The molecule has 8 nitrogen and oxygen atoms in total. The van der Waals surface area contributed by atoms with E-state index in [4.69, 9.17) is 9.47 Å². The molecule has 0 spiro atoms. The second kappa shape index (κ2) is 7.81. The van der Waals surface area contributed by atoms with Crippen LogP contribution in [-0.4, -0.2) is 34.4 Å². The van der Waals surface area contributed by atoms with E-state index in [0.29, 0.717) is 35.8 Å². The van der Waals surface area contributed by atoms with Crippen LogP contribution in [0.4, 0.5) is 0 Å². The van der Waals surface area contributed by atoms with E-state index < -0.39 is 6.04 Å². The Kier molecular flexibility index (Phi) is 4.97. The van der Waals surface area contributed by atoms with Crippen molar-refractivity contribution >= 4 is 33.2 Å². The lowest BCUT2D eigenvalue weighted by Crippen LogP contribution is -2.34. The zero-order valence-electron chi connectivity index (χ0n) is 17.3. The van der Waals surface area contributed by atoms with E-state index in [1.807, 2.05) is 18.2 Å². The van der Waals surface area contributed by atoms with Gasteiger partial charge in [0.2, 0.25) is 0 Å². The summed E-state index contributed by atoms with van der Waals surface area (Å²) in [5.74, 6) is 0.974. The lowest BCUT2D eigenvalue weighted by Gasteiger charge is -2.18. The number of benzene rings is 1. The van der Waals surface area contributed by atoms with Crippen LogP contribution >= 0.6 is 11.3 Å². The lowest BCUT2D eigenvalue weighted by molar-refractivity contribution is -0.123. The molecule has 0 fully saturated rings. The van der Waals surface area contributed by atoms with Gasteiger partial charge >= 0.3 is 0 Å². The molecule has 1 aromatic carbocycles. The smallest absolute Gasteiger partial charge is 0.263 e. The number of ether oxygens (including phenoxy) is 2. The van der Waals surface area contributed by atoms with E-state index in [2.05, 4.69) is 15.5 Å². The lowest BCUT2D eigenvalue weighted by atomic mass is 10.1. The number of nitrogens with one attached hydrogen (secondary N) is 1. The van der Waals surface area contributed by atoms with Gasteiger partial charge in [0.05, 0.1) is 17.4 Å². The standard InChI is InChI=1S/C22H22N4O4S/c1-12(14-6-7-16-17(10-14)30-9-8-29-16)24-25-20(27)13(2)26-11-23-21-19(22(26)28)15-4-3-5-18(15)31-21/h6-7,10-11,13H,3-5,8-9H2,1-2H3,(H,25,27)/b24-12+/t13-/m1/s1. The maximum absolute atomic E-state index is 13.1. The molecule has 1 aliphatic carbocycles. The van der Waals surface area contributed by atoms with Crippen LogP contribution in [0.25, 0.3) is 10.2 Å². The van der Waals surface area contributed by atoms with E-state index in [1.165, 1.54) is 15.8 Å². The Morgan fingerprint density at radius 3 is 2.90 bits per heavy atom. The van der Waals surface area contributed by atoms with Crippen LogP contribution in [0, 0.1) is 0 Å². The molecule has 9 heteroatoms. The van der Waals surface area contributed by atoms with E-state index >= 15 is 0 Å². The van der Waals surface area contributed by atoms with E-state index in [0.717, 1.165) is 35.2 Å². The number of amides is 1. The van der Waals surface area contributed by atoms with Gasteiger partial charge in [-0.2, -0.15) is 5.10 Å². The van der Waals surface area contributed by atoms with Crippen LogP contribution in [0.1, 0.15) is 42.3 Å². The van der Waals surface area contributed by atoms with Crippen molar-refractivity contribution < 1.29 is 14.3 Å². The summed E-state index contributed by atoms with van der Waals surface area (Å²) in [5.41, 5.74) is 4.94. The van der Waals surface area contributed by atoms with Crippen LogP contribution in [-0.2, 0) is 17.6 Å². The molecule has 2 aliphatic rings. The number of hydrazone groups is 1. The van der Waals surface area contributed by atoms with Crippen LogP contribution < -0.4 is 20.5 Å². The monoisotopic (exact) mass is 438 g/mol. The van der Waals surface area contributed by atoms with Crippen molar-refractivity contribution in [1.29, 1.82) is 0 Å². The second-order valence-electron chi connectivity index (χ2n) is 7.70. The number of nitrogens with zero attached hydrogens (tertiary/aromatic N) is 3. The summed E-state index contributed by atoms with van der Waals surface area (Å²) in [6, 6.07) is 4.79. The molecule has 2 aromatic heterocycles. The Bertz CT molecular complexity index is 1280. The molecule has 1 N–H and O–H groups in total. The van der Waals surface area contributed by atoms with Gasteiger partial charge in [0.25, 0.3) is 11.5 Å². The van der Waals surface area contributed by atoms with Crippen LogP contribution in [0.2, 0.25) is 0 Å². The SMILES string of the molecule is C/C(=N\NC(=O)[C@@H](C)n1cnc2sc3c(c2c1=O)CCC3)c1ccc2c(c1)OCCO2. The van der Waals surface area contributed by atoms with Crippen LogP contribution in [0.3, 0.4) is 0 Å². The van der Waals surface area contributed by atoms with Gasteiger partial charge in [0.15, 0.2) is 11.5 Å². The molecule has 1 aliphatic heterocycles. The number of carbonyl (C=O) groups is 1. The first-order valence-electron chi connectivity index (χ1n) is 10.3. The molecule has 3 heterocycles. The first-order valence-corrected chi connectivity index (χ1v) is 11.1. The predicted octanol–water partition coefficient (Wildman–Crippen LogP) is 2.82. The number of fused-ring (bicyclic) bond motifs is 4. The fourth-order valence-corrected chi connectivity index (χ4v) is 5.18. The summed E-state index contributed by atoms with van der Waals surface area (Å²) in [5, 5.41) is 4.88. The number of hydrogen-bond acceptors (Lipinski definition) is 7. The third kappa shape index (κ3) is 3.48. The van der Waals surface area contributed by atoms with E-state index in [9.17, 15) is 9.59 Å². The highest BCUT2D eigenvalue weighted by Gasteiger charge is 2.24. The summed E-state index contributed by atoms with van der Waals surface area (Å²) in [4.78, 5) is 32.2. The third-order valence-electron chi connectivity index (χ3n) is 5.74. The summed E-state index contributed by atoms with van der Waals surface area (Å²) in [6.45, 7) is 4.50. The fraction of sp³-hybridized carbons (Fsp3) is 0.364. The largest absolute Gasteiger partial charge is 0.486 e. The van der Waals surface area contributed by atoms with Gasteiger partial charge in [-0.25, -0.2) is 10.4 Å². The first-order chi connectivity index (χ1) is 15.0. The maximum Gasteiger partial charge on any atom is 0.263 e. The number of carbonyl (C=O) groups excluding carboxylic acids is 1. The molecular formula is C22H22N4O4S. The molecular weight excluding hydrogens is 416 g/mol. The highest BCUT2D eigenvalue weighted by molar-refractivity contribution is 7.18. The van der Waals surface area contributed by atoms with Gasteiger partial charge in [0.1, 0.15) is 24.1 Å². The predicted molar refractivity (Wildman–Crippen MR) is 118 cm³/mol. The Hall–Kier alpha value is -3.20. The minimum Gasteiger partial charge on any atom is -0.486 e. The van der Waals surface area contributed by atoms with E-state index in [-0.39, 0.29) is 11.5 Å². The zero-order chi connectivity index (χ0) is 21.5. The van der Waals surface area contributed by atoms with Crippen molar-refractivity contribution in [3.8, 4) is 11.5 Å². The van der Waals surface area contributed by atoms with Gasteiger partial charge in [-0.15, -0.1) is 11.3 Å². The van der Waals surface area contributed by atoms with E-state index in [1.54, 1.807) is 25.2 Å². The maximum atomic E-state index is 13.1. The number of aromatic nitrogens is 2. The minimum atomic E-state index is -0.738. The first kappa shape index (κ1) is 19.7. The Morgan fingerprint density at radius 2 is 2.06 bits per heavy atom. The van der Waals surface area contributed by atoms with Crippen molar-refractivity contribution in [3.63, 3.8) is 0 Å². The summed E-state index contributed by atoms with van der Waals surface area (Å²) < 4.78 is 12.5. The van der Waals surface area contributed by atoms with Crippen molar-refractivity contribution in [1.82, 2.24) is 15.0 Å². The average molecular weight is 439 g/mol. The molecule has 1 amide bonds. The molecule has 0 saturated carbocycles. The summed E-state index contributed by atoms with van der Waals surface area (Å²) >= 11 is 1.58. The Morgan fingerprint density at radius 1 is 1.26 bits per heavy atom.